The van der Waals surface area contributed by atoms with Gasteiger partial charge in [0.1, 0.15) is 11.5 Å². The van der Waals surface area contributed by atoms with Crippen LogP contribution in [0.3, 0.4) is 0 Å². The van der Waals surface area contributed by atoms with Crippen LogP contribution in [0.5, 0.6) is 0 Å². The van der Waals surface area contributed by atoms with E-state index in [0.29, 0.717) is 31.9 Å². The number of fused-ring (bicyclic) bond motifs is 5. The maximum atomic E-state index is 14.4. The molecule has 0 unspecified atom stereocenters. The van der Waals surface area contributed by atoms with E-state index in [-0.39, 0.29) is 36.4 Å². The van der Waals surface area contributed by atoms with Gasteiger partial charge in [0.25, 0.3) is 5.91 Å². The molecule has 5 rings (SSSR count). The number of carbonyl (C=O) groups excluding carboxylic acids is 1. The number of aryl methyl sites for hydroxylation is 1. The molecule has 0 fully saturated rings. The van der Waals surface area contributed by atoms with Gasteiger partial charge < -0.3 is 19.3 Å². The summed E-state index contributed by atoms with van der Waals surface area (Å²) < 4.78 is 22.4. The van der Waals surface area contributed by atoms with E-state index < -0.39 is 0 Å². The molecule has 0 bridgehead atoms. The van der Waals surface area contributed by atoms with E-state index in [9.17, 15) is 14.3 Å². The van der Waals surface area contributed by atoms with Crippen molar-refractivity contribution in [1.82, 2.24) is 14.4 Å². The first-order chi connectivity index (χ1) is 19.3. The van der Waals surface area contributed by atoms with Crippen molar-refractivity contribution in [1.29, 1.82) is 0 Å². The van der Waals surface area contributed by atoms with Gasteiger partial charge in [-0.2, -0.15) is 0 Å². The highest BCUT2D eigenvalue weighted by Gasteiger charge is 2.33. The molecule has 0 saturated heterocycles. The third-order valence-electron chi connectivity index (χ3n) is 8.06. The standard InChI is InChI=1S/C33H38FN3O3/c1-22-17-37(23(2)20-38)33(39)32-31(28-14-7-8-15-29(28)36(32)4)27-13-6-5-11-25(27)21-40-30(22)19-35(3)18-24-10-9-12-26(34)16-24/h5-16,22-23,30,38H,17-21H2,1-4H3/t22-,23-,30+/m0/s1. The average molecular weight is 544 g/mol. The van der Waals surface area contributed by atoms with Crippen LogP contribution in [0.2, 0.25) is 0 Å². The number of benzene rings is 3. The predicted octanol–water partition coefficient (Wildman–Crippen LogP) is 5.47. The van der Waals surface area contributed by atoms with Crippen molar-refractivity contribution in [2.75, 3.05) is 26.7 Å². The minimum Gasteiger partial charge on any atom is -0.394 e. The van der Waals surface area contributed by atoms with Crippen LogP contribution in [0.4, 0.5) is 4.39 Å². The number of hydrogen-bond donors (Lipinski definition) is 1. The summed E-state index contributed by atoms with van der Waals surface area (Å²) in [5.41, 5.74) is 5.37. The van der Waals surface area contributed by atoms with E-state index in [1.165, 1.54) is 6.07 Å². The van der Waals surface area contributed by atoms with Crippen LogP contribution in [-0.4, -0.2) is 64.3 Å². The lowest BCUT2D eigenvalue weighted by atomic mass is 9.96. The van der Waals surface area contributed by atoms with Gasteiger partial charge in [0, 0.05) is 49.1 Å². The van der Waals surface area contributed by atoms with E-state index in [0.717, 1.165) is 33.2 Å². The Morgan fingerprint density at radius 3 is 2.62 bits per heavy atom. The Bertz CT molecular complexity index is 1500. The van der Waals surface area contributed by atoms with Crippen molar-refractivity contribution < 1.29 is 19.0 Å². The topological polar surface area (TPSA) is 57.9 Å². The lowest BCUT2D eigenvalue weighted by Crippen LogP contribution is -2.47. The number of aliphatic hydroxyl groups excluding tert-OH is 1. The fourth-order valence-corrected chi connectivity index (χ4v) is 5.84. The molecule has 4 aromatic rings. The Morgan fingerprint density at radius 1 is 1.10 bits per heavy atom. The lowest BCUT2D eigenvalue weighted by molar-refractivity contribution is -0.0242. The van der Waals surface area contributed by atoms with E-state index >= 15 is 0 Å². The van der Waals surface area contributed by atoms with Crippen molar-refractivity contribution in [3.8, 4) is 11.1 Å². The van der Waals surface area contributed by atoms with Gasteiger partial charge >= 0.3 is 0 Å². The number of amides is 1. The van der Waals surface area contributed by atoms with Crippen LogP contribution in [0.15, 0.2) is 72.8 Å². The van der Waals surface area contributed by atoms with Gasteiger partial charge in [-0.15, -0.1) is 0 Å². The summed E-state index contributed by atoms with van der Waals surface area (Å²) in [5, 5.41) is 11.2. The number of carbonyl (C=O) groups is 1. The van der Waals surface area contributed by atoms with Gasteiger partial charge in [-0.05, 0) is 48.9 Å². The molecule has 1 aromatic heterocycles. The summed E-state index contributed by atoms with van der Waals surface area (Å²) in [6.45, 7) is 5.84. The van der Waals surface area contributed by atoms with Crippen molar-refractivity contribution in [3.63, 3.8) is 0 Å². The molecule has 1 amide bonds. The summed E-state index contributed by atoms with van der Waals surface area (Å²) >= 11 is 0. The number of halogens is 1. The van der Waals surface area contributed by atoms with Crippen LogP contribution in [-0.2, 0) is 24.9 Å². The summed E-state index contributed by atoms with van der Waals surface area (Å²) in [6, 6.07) is 22.5. The molecule has 3 atom stereocenters. The zero-order valence-electron chi connectivity index (χ0n) is 23.7. The normalized spacial score (nSPS) is 18.9. The highest BCUT2D eigenvalue weighted by Crippen LogP contribution is 2.38. The number of hydrogen-bond acceptors (Lipinski definition) is 4. The van der Waals surface area contributed by atoms with Crippen molar-refractivity contribution in [2.24, 2.45) is 13.0 Å². The molecule has 0 spiro atoms. The number of aliphatic hydroxyl groups is 1. The first-order valence-corrected chi connectivity index (χ1v) is 13.9. The van der Waals surface area contributed by atoms with Gasteiger partial charge in [-0.3, -0.25) is 9.69 Å². The second-order valence-corrected chi connectivity index (χ2v) is 11.1. The van der Waals surface area contributed by atoms with E-state index in [1.54, 1.807) is 17.0 Å². The summed E-state index contributed by atoms with van der Waals surface area (Å²) in [6.07, 6.45) is -0.203. The molecule has 7 heteroatoms. The zero-order chi connectivity index (χ0) is 28.4. The highest BCUT2D eigenvalue weighted by molar-refractivity contribution is 6.10. The number of rotatable bonds is 6. The minimum atomic E-state index is -0.373. The Balaban J connectivity index is 1.57. The Hall–Kier alpha value is -3.52. The molecule has 1 N–H and O–H groups in total. The molecular formula is C33H38FN3O3. The van der Waals surface area contributed by atoms with E-state index in [2.05, 4.69) is 30.0 Å². The maximum absolute atomic E-state index is 14.4. The largest absolute Gasteiger partial charge is 0.394 e. The number of aromatic nitrogens is 1. The van der Waals surface area contributed by atoms with E-state index in [4.69, 9.17) is 4.74 Å². The van der Waals surface area contributed by atoms with Crippen LogP contribution < -0.4 is 0 Å². The average Bonchev–Trinajstić information content (AvgIpc) is 3.24. The zero-order valence-corrected chi connectivity index (χ0v) is 23.7. The fourth-order valence-electron chi connectivity index (χ4n) is 5.84. The first-order valence-electron chi connectivity index (χ1n) is 13.9. The molecule has 0 saturated carbocycles. The van der Waals surface area contributed by atoms with Gasteiger partial charge in [0.15, 0.2) is 0 Å². The van der Waals surface area contributed by atoms with Crippen molar-refractivity contribution in [3.05, 3.63) is 95.4 Å². The third-order valence-corrected chi connectivity index (χ3v) is 8.06. The van der Waals surface area contributed by atoms with Gasteiger partial charge in [-0.25, -0.2) is 4.39 Å². The molecule has 0 aliphatic carbocycles. The number of para-hydroxylation sites is 1. The van der Waals surface area contributed by atoms with Crippen molar-refractivity contribution >= 4 is 16.8 Å². The first kappa shape index (κ1) is 28.0. The van der Waals surface area contributed by atoms with Crippen LogP contribution in [0, 0.1) is 11.7 Å². The van der Waals surface area contributed by atoms with Gasteiger partial charge in [-0.1, -0.05) is 61.5 Å². The maximum Gasteiger partial charge on any atom is 0.271 e. The number of likely N-dealkylation sites (N-methyl/N-ethyl adjacent to an activating group) is 1. The second kappa shape index (κ2) is 11.9. The Labute approximate surface area is 235 Å². The van der Waals surface area contributed by atoms with Gasteiger partial charge in [0.2, 0.25) is 0 Å². The quantitative estimate of drug-likeness (QED) is 0.350. The second-order valence-electron chi connectivity index (χ2n) is 11.1. The Kier molecular flexibility index (Phi) is 8.35. The SMILES string of the molecule is C[C@H]1CN([C@@H](C)CO)C(=O)c2c(c3ccccc3n2C)-c2ccccc2CO[C@@H]1CN(C)Cc1cccc(F)c1. The fraction of sp³-hybridized carbons (Fsp3) is 0.364. The van der Waals surface area contributed by atoms with Crippen molar-refractivity contribution in [2.45, 2.75) is 39.1 Å². The number of nitrogens with zero attached hydrogens (tertiary/aromatic N) is 3. The molecule has 1 aliphatic heterocycles. The summed E-state index contributed by atoms with van der Waals surface area (Å²) in [5.74, 6) is -0.386. The third kappa shape index (κ3) is 5.55. The summed E-state index contributed by atoms with van der Waals surface area (Å²) in [7, 11) is 3.94. The molecular weight excluding hydrogens is 505 g/mol. The monoisotopic (exact) mass is 543 g/mol. The molecule has 6 nitrogen and oxygen atoms in total. The molecule has 210 valence electrons. The Morgan fingerprint density at radius 2 is 1.85 bits per heavy atom. The molecule has 1 aliphatic rings. The van der Waals surface area contributed by atoms with Crippen LogP contribution >= 0.6 is 0 Å². The van der Waals surface area contributed by atoms with Gasteiger partial charge in [0.05, 0.1) is 25.4 Å². The van der Waals surface area contributed by atoms with Crippen LogP contribution in [0.25, 0.3) is 22.0 Å². The lowest BCUT2D eigenvalue weighted by Gasteiger charge is -2.35. The minimum absolute atomic E-state index is 0.0312. The smallest absolute Gasteiger partial charge is 0.271 e. The molecule has 2 heterocycles. The molecule has 40 heavy (non-hydrogen) atoms. The number of ether oxygens (including phenoxy) is 1. The van der Waals surface area contributed by atoms with Crippen LogP contribution in [0.1, 0.15) is 35.5 Å². The summed E-state index contributed by atoms with van der Waals surface area (Å²) in [4.78, 5) is 18.3. The highest BCUT2D eigenvalue weighted by atomic mass is 19.1. The predicted molar refractivity (Wildman–Crippen MR) is 156 cm³/mol. The van der Waals surface area contributed by atoms with E-state index in [1.807, 2.05) is 62.0 Å². The molecule has 3 aromatic carbocycles. The molecule has 0 radical (unpaired) electrons.